The summed E-state index contributed by atoms with van der Waals surface area (Å²) in [7, 11) is 0. The topological polar surface area (TPSA) is 120 Å². The summed E-state index contributed by atoms with van der Waals surface area (Å²) in [5, 5.41) is 10.9. The highest BCUT2D eigenvalue weighted by Gasteiger charge is 2.15. The molecule has 2 N–H and O–H groups in total. The minimum atomic E-state index is -0.682. The van der Waals surface area contributed by atoms with Gasteiger partial charge >= 0.3 is 5.69 Å². The molecule has 0 atom stereocenters. The highest BCUT2D eigenvalue weighted by Crippen LogP contribution is 2.26. The van der Waals surface area contributed by atoms with E-state index in [1.54, 1.807) is 12.1 Å². The molecule has 2 aromatic rings. The van der Waals surface area contributed by atoms with Gasteiger partial charge in [0.25, 0.3) is 11.8 Å². The molecule has 10 heteroatoms. The molecule has 0 unspecified atom stereocenters. The lowest BCUT2D eigenvalue weighted by molar-refractivity contribution is -0.385. The average Bonchev–Trinajstić information content (AvgIpc) is 2.64. The predicted octanol–water partition coefficient (Wildman–Crippen LogP) is 2.27. The number of carbonyl (C=O) groups excluding carboxylic acids is 2. The summed E-state index contributed by atoms with van der Waals surface area (Å²) in [5.74, 6) is -0.821. The van der Waals surface area contributed by atoms with Crippen molar-refractivity contribution < 1.29 is 24.0 Å². The lowest BCUT2D eigenvalue weighted by Crippen LogP contribution is -2.45. The molecule has 0 heterocycles. The van der Waals surface area contributed by atoms with Crippen molar-refractivity contribution in [3.8, 4) is 11.5 Å². The summed E-state index contributed by atoms with van der Waals surface area (Å²) in [6.45, 7) is 1.10. The second-order valence-electron chi connectivity index (χ2n) is 5.33. The molecule has 0 aromatic heterocycles. The molecule has 27 heavy (non-hydrogen) atoms. The first-order chi connectivity index (χ1) is 12.9. The Morgan fingerprint density at radius 2 is 1.63 bits per heavy atom. The van der Waals surface area contributed by atoms with Crippen molar-refractivity contribution in [2.24, 2.45) is 0 Å². The fourth-order valence-corrected chi connectivity index (χ4v) is 2.56. The van der Waals surface area contributed by atoms with Crippen LogP contribution < -0.4 is 20.3 Å². The van der Waals surface area contributed by atoms with Crippen molar-refractivity contribution in [1.82, 2.24) is 10.9 Å². The number of rotatable bonds is 7. The smallest absolute Gasteiger partial charge is 0.310 e. The Labute approximate surface area is 162 Å². The maximum atomic E-state index is 11.7. The zero-order chi connectivity index (χ0) is 19.8. The van der Waals surface area contributed by atoms with Crippen LogP contribution in [-0.2, 0) is 9.59 Å². The molecule has 0 bridgehead atoms. The monoisotopic (exact) mass is 437 g/mol. The van der Waals surface area contributed by atoms with Crippen molar-refractivity contribution in [3.63, 3.8) is 0 Å². The van der Waals surface area contributed by atoms with Gasteiger partial charge in [0.1, 0.15) is 5.75 Å². The molecule has 9 nitrogen and oxygen atoms in total. The first-order valence-electron chi connectivity index (χ1n) is 7.69. The number of amides is 2. The van der Waals surface area contributed by atoms with Crippen molar-refractivity contribution in [2.75, 3.05) is 13.2 Å². The van der Waals surface area contributed by atoms with Gasteiger partial charge in [0, 0.05) is 6.07 Å². The van der Waals surface area contributed by atoms with E-state index in [0.717, 1.165) is 5.56 Å². The van der Waals surface area contributed by atoms with Crippen molar-refractivity contribution >= 4 is 33.4 Å². The van der Waals surface area contributed by atoms with Crippen LogP contribution in [0.2, 0.25) is 0 Å². The second-order valence-corrected chi connectivity index (χ2v) is 6.19. The van der Waals surface area contributed by atoms with Gasteiger partial charge in [-0.2, -0.15) is 0 Å². The van der Waals surface area contributed by atoms with Crippen molar-refractivity contribution in [3.05, 3.63) is 62.6 Å². The lowest BCUT2D eigenvalue weighted by Gasteiger charge is -2.11. The van der Waals surface area contributed by atoms with E-state index >= 15 is 0 Å². The molecular formula is C17H16BrN3O6. The van der Waals surface area contributed by atoms with Crippen LogP contribution in [0.1, 0.15) is 5.56 Å². The molecule has 0 saturated heterocycles. The van der Waals surface area contributed by atoms with Gasteiger partial charge in [-0.3, -0.25) is 30.6 Å². The zero-order valence-corrected chi connectivity index (χ0v) is 15.8. The van der Waals surface area contributed by atoms with E-state index in [1.165, 1.54) is 18.2 Å². The van der Waals surface area contributed by atoms with E-state index in [2.05, 4.69) is 26.8 Å². The molecular weight excluding hydrogens is 422 g/mol. The number of hydrogen-bond acceptors (Lipinski definition) is 6. The van der Waals surface area contributed by atoms with Gasteiger partial charge in [-0.05, 0) is 46.6 Å². The van der Waals surface area contributed by atoms with Gasteiger partial charge in [0.15, 0.2) is 19.0 Å². The number of nitro groups is 1. The van der Waals surface area contributed by atoms with Gasteiger partial charge < -0.3 is 9.47 Å². The number of ether oxygens (including phenoxy) is 2. The molecule has 2 rings (SSSR count). The maximum Gasteiger partial charge on any atom is 0.310 e. The summed E-state index contributed by atoms with van der Waals surface area (Å²) < 4.78 is 11.2. The Morgan fingerprint density at radius 1 is 1.04 bits per heavy atom. The number of aryl methyl sites for hydroxylation is 1. The zero-order valence-electron chi connectivity index (χ0n) is 14.2. The van der Waals surface area contributed by atoms with E-state index in [-0.39, 0.29) is 18.0 Å². The quantitative estimate of drug-likeness (QED) is 0.506. The van der Waals surface area contributed by atoms with Gasteiger partial charge in [-0.15, -0.1) is 0 Å². The van der Waals surface area contributed by atoms with E-state index in [9.17, 15) is 19.7 Å². The number of benzene rings is 2. The van der Waals surface area contributed by atoms with E-state index < -0.39 is 23.3 Å². The maximum absolute atomic E-state index is 11.7. The molecule has 2 amide bonds. The Hall–Kier alpha value is -3.14. The normalized spacial score (nSPS) is 10.0. The summed E-state index contributed by atoms with van der Waals surface area (Å²) in [6, 6.07) is 11.0. The van der Waals surface area contributed by atoms with E-state index in [0.29, 0.717) is 10.2 Å². The number of para-hydroxylation sites is 2. The van der Waals surface area contributed by atoms with Crippen molar-refractivity contribution in [1.29, 1.82) is 0 Å². The Morgan fingerprint density at radius 3 is 2.22 bits per heavy atom. The summed E-state index contributed by atoms with van der Waals surface area (Å²) in [4.78, 5) is 33.7. The molecule has 142 valence electrons. The summed E-state index contributed by atoms with van der Waals surface area (Å²) in [6.07, 6.45) is 0. The van der Waals surface area contributed by atoms with Crippen LogP contribution >= 0.6 is 15.9 Å². The molecule has 0 aliphatic rings. The number of halogens is 1. The molecule has 0 radical (unpaired) electrons. The third-order valence-corrected chi connectivity index (χ3v) is 3.83. The Balaban J connectivity index is 1.75. The minimum absolute atomic E-state index is 0.0449. The molecule has 0 aliphatic carbocycles. The second kappa shape index (κ2) is 9.53. The Kier molecular flexibility index (Phi) is 7.12. The van der Waals surface area contributed by atoms with Crippen LogP contribution in [0.15, 0.2) is 46.9 Å². The highest BCUT2D eigenvalue weighted by atomic mass is 79.9. The number of hydrogen-bond donors (Lipinski definition) is 2. The average molecular weight is 438 g/mol. The molecule has 2 aromatic carbocycles. The predicted molar refractivity (Wildman–Crippen MR) is 99.3 cm³/mol. The SMILES string of the molecule is Cc1ccc(OCC(=O)NNC(=O)COc2ccccc2[N+](=O)[O-])c(Br)c1. The largest absolute Gasteiger partial charge is 0.483 e. The summed E-state index contributed by atoms with van der Waals surface area (Å²) >= 11 is 3.33. The van der Waals surface area contributed by atoms with Crippen LogP contribution in [0.5, 0.6) is 11.5 Å². The van der Waals surface area contributed by atoms with E-state index in [4.69, 9.17) is 9.47 Å². The number of nitrogens with one attached hydrogen (secondary N) is 2. The third-order valence-electron chi connectivity index (χ3n) is 3.21. The van der Waals surface area contributed by atoms with Crippen LogP contribution in [0, 0.1) is 17.0 Å². The Bertz CT molecular complexity index is 858. The standard InChI is InChI=1S/C17H16BrN3O6/c1-11-6-7-14(12(18)8-11)26-9-16(22)19-20-17(23)10-27-15-5-3-2-4-13(15)21(24)25/h2-8H,9-10H2,1H3,(H,19,22)(H,20,23). The molecule has 0 saturated carbocycles. The van der Waals surface area contributed by atoms with Crippen LogP contribution in [0.25, 0.3) is 0 Å². The van der Waals surface area contributed by atoms with Gasteiger partial charge in [-0.25, -0.2) is 0 Å². The number of nitro benzene ring substituents is 1. The third kappa shape index (κ3) is 6.26. The molecule has 0 aliphatic heterocycles. The lowest BCUT2D eigenvalue weighted by atomic mass is 10.2. The number of carbonyl (C=O) groups is 2. The fraction of sp³-hybridized carbons (Fsp3) is 0.176. The first-order valence-corrected chi connectivity index (χ1v) is 8.49. The van der Waals surface area contributed by atoms with Gasteiger partial charge in [-0.1, -0.05) is 18.2 Å². The minimum Gasteiger partial charge on any atom is -0.483 e. The van der Waals surface area contributed by atoms with E-state index in [1.807, 2.05) is 19.1 Å². The van der Waals surface area contributed by atoms with Crippen LogP contribution in [0.4, 0.5) is 5.69 Å². The molecule has 0 spiro atoms. The molecule has 0 fully saturated rings. The van der Waals surface area contributed by atoms with Gasteiger partial charge in [0.2, 0.25) is 0 Å². The number of hydrazine groups is 1. The fourth-order valence-electron chi connectivity index (χ4n) is 1.95. The first kappa shape index (κ1) is 20.2. The highest BCUT2D eigenvalue weighted by molar-refractivity contribution is 9.10. The summed E-state index contributed by atoms with van der Waals surface area (Å²) in [5.41, 5.74) is 5.07. The number of nitrogens with zero attached hydrogens (tertiary/aromatic N) is 1. The van der Waals surface area contributed by atoms with Crippen LogP contribution in [-0.4, -0.2) is 30.0 Å². The van der Waals surface area contributed by atoms with Crippen molar-refractivity contribution in [2.45, 2.75) is 6.92 Å². The van der Waals surface area contributed by atoms with Gasteiger partial charge in [0.05, 0.1) is 9.40 Å². The van der Waals surface area contributed by atoms with Crippen LogP contribution in [0.3, 0.4) is 0 Å².